The number of halogens is 3. The number of hydrogen-bond donors (Lipinski definition) is 1. The van der Waals surface area contributed by atoms with Gasteiger partial charge in [-0.25, -0.2) is 4.79 Å². The van der Waals surface area contributed by atoms with Crippen LogP contribution in [-0.2, 0) is 11.0 Å². The number of nitrogens with one attached hydrogen (secondary N) is 1. The number of carbonyl (C=O) groups is 2. The van der Waals surface area contributed by atoms with Crippen LogP contribution >= 0.6 is 11.3 Å². The minimum atomic E-state index is -4.58. The molecular weight excluding hydrogens is 335 g/mol. The second-order valence-electron chi connectivity index (χ2n) is 5.36. The van der Waals surface area contributed by atoms with E-state index in [2.05, 4.69) is 15.5 Å². The van der Waals surface area contributed by atoms with E-state index in [-0.39, 0.29) is 29.0 Å². The largest absolute Gasteiger partial charge is 0.445 e. The first-order valence-corrected chi connectivity index (χ1v) is 7.68. The topological polar surface area (TPSA) is 78.4 Å². The van der Waals surface area contributed by atoms with Crippen LogP contribution in [0.2, 0.25) is 0 Å². The summed E-state index contributed by atoms with van der Waals surface area (Å²) in [6.45, 7) is 0.783. The predicted octanol–water partition coefficient (Wildman–Crippen LogP) is 1.89. The lowest BCUT2D eigenvalue weighted by molar-refractivity contribution is -0.138. The third-order valence-electron chi connectivity index (χ3n) is 3.34. The number of hydrogen-bond acceptors (Lipinski definition) is 5. The van der Waals surface area contributed by atoms with Crippen molar-refractivity contribution in [3.8, 4) is 0 Å². The smallest absolute Gasteiger partial charge is 0.331 e. The second kappa shape index (κ2) is 6.69. The summed E-state index contributed by atoms with van der Waals surface area (Å²) < 4.78 is 37.4. The summed E-state index contributed by atoms with van der Waals surface area (Å²) in [5.41, 5.74) is 0. The summed E-state index contributed by atoms with van der Waals surface area (Å²) in [6, 6.07) is -0.197. The van der Waals surface area contributed by atoms with Gasteiger partial charge in [0.25, 0.3) is 0 Å². The average Bonchev–Trinajstić information content (AvgIpc) is 2.95. The molecule has 0 radical (unpaired) electrons. The number of piperidine rings is 1. The molecule has 2 rings (SSSR count). The van der Waals surface area contributed by atoms with Gasteiger partial charge in [-0.3, -0.25) is 4.79 Å². The Morgan fingerprint density at radius 3 is 2.61 bits per heavy atom. The third-order valence-corrected chi connectivity index (χ3v) is 4.23. The molecule has 1 fully saturated rings. The van der Waals surface area contributed by atoms with E-state index in [0.29, 0.717) is 19.4 Å². The maximum atomic E-state index is 12.5. The van der Waals surface area contributed by atoms with E-state index in [0.717, 1.165) is 0 Å². The van der Waals surface area contributed by atoms with Gasteiger partial charge in [0.05, 0.1) is 5.92 Å². The summed E-state index contributed by atoms with van der Waals surface area (Å²) in [5.74, 6) is -0.933. The quantitative estimate of drug-likeness (QED) is 0.883. The van der Waals surface area contributed by atoms with Crippen molar-refractivity contribution >= 4 is 28.4 Å². The van der Waals surface area contributed by atoms with Gasteiger partial charge in [0, 0.05) is 27.2 Å². The van der Waals surface area contributed by atoms with Crippen molar-refractivity contribution in [1.29, 1.82) is 0 Å². The number of rotatable bonds is 2. The first-order valence-electron chi connectivity index (χ1n) is 6.86. The lowest BCUT2D eigenvalue weighted by Crippen LogP contribution is -2.47. The molecule has 1 aliphatic heterocycles. The third kappa shape index (κ3) is 4.30. The van der Waals surface area contributed by atoms with Crippen molar-refractivity contribution in [3.63, 3.8) is 0 Å². The maximum absolute atomic E-state index is 12.5. The molecule has 0 aliphatic carbocycles. The van der Waals surface area contributed by atoms with Gasteiger partial charge in [-0.2, -0.15) is 13.2 Å². The molecular formula is C12H16F3N5O2S. The molecule has 1 N–H and O–H groups in total. The Labute approximate surface area is 134 Å². The number of likely N-dealkylation sites (tertiary alicyclic amines) is 1. The fourth-order valence-corrected chi connectivity index (χ4v) is 2.86. The van der Waals surface area contributed by atoms with Gasteiger partial charge in [0.1, 0.15) is 0 Å². The van der Waals surface area contributed by atoms with Crippen LogP contribution in [0.15, 0.2) is 0 Å². The first-order chi connectivity index (χ1) is 10.7. The SMILES string of the molecule is CN(C)C(=O)N1CCC[C@H](C(=O)Nc2nnc(C(F)(F)F)s2)C1. The highest BCUT2D eigenvalue weighted by atomic mass is 32.1. The van der Waals surface area contributed by atoms with Crippen LogP contribution in [0.25, 0.3) is 0 Å². The Kier molecular flexibility index (Phi) is 5.07. The summed E-state index contributed by atoms with van der Waals surface area (Å²) in [7, 11) is 3.23. The molecule has 0 bridgehead atoms. The molecule has 1 aliphatic rings. The van der Waals surface area contributed by atoms with Crippen LogP contribution in [0.5, 0.6) is 0 Å². The second-order valence-corrected chi connectivity index (χ2v) is 6.34. The Bertz CT molecular complexity index is 589. The highest BCUT2D eigenvalue weighted by Gasteiger charge is 2.36. The summed E-state index contributed by atoms with van der Waals surface area (Å²) in [5, 5.41) is 7.38. The van der Waals surface area contributed by atoms with Crippen molar-refractivity contribution in [2.75, 3.05) is 32.5 Å². The Balaban J connectivity index is 1.97. The van der Waals surface area contributed by atoms with E-state index in [1.54, 1.807) is 19.0 Å². The molecule has 1 saturated heterocycles. The van der Waals surface area contributed by atoms with Gasteiger partial charge in [-0.1, -0.05) is 11.3 Å². The van der Waals surface area contributed by atoms with Gasteiger partial charge < -0.3 is 15.1 Å². The van der Waals surface area contributed by atoms with Crippen LogP contribution in [0.4, 0.5) is 23.1 Å². The van der Waals surface area contributed by atoms with Crippen LogP contribution < -0.4 is 5.32 Å². The number of nitrogens with zero attached hydrogens (tertiary/aromatic N) is 4. The number of anilines is 1. The van der Waals surface area contributed by atoms with E-state index in [1.807, 2.05) is 0 Å². The fraction of sp³-hybridized carbons (Fsp3) is 0.667. The van der Waals surface area contributed by atoms with E-state index in [1.165, 1.54) is 4.90 Å². The molecule has 0 saturated carbocycles. The van der Waals surface area contributed by atoms with Gasteiger partial charge >= 0.3 is 12.2 Å². The average molecular weight is 351 g/mol. The molecule has 23 heavy (non-hydrogen) atoms. The Morgan fingerprint density at radius 1 is 1.35 bits per heavy atom. The summed E-state index contributed by atoms with van der Waals surface area (Å²) >= 11 is 0.276. The predicted molar refractivity (Wildman–Crippen MR) is 76.9 cm³/mol. The van der Waals surface area contributed by atoms with Gasteiger partial charge in [0.2, 0.25) is 16.0 Å². The molecule has 3 amide bonds. The normalized spacial score (nSPS) is 18.7. The monoisotopic (exact) mass is 351 g/mol. The Hall–Kier alpha value is -1.91. The van der Waals surface area contributed by atoms with Gasteiger partial charge in [0.15, 0.2) is 0 Å². The van der Waals surface area contributed by atoms with E-state index >= 15 is 0 Å². The van der Waals surface area contributed by atoms with E-state index in [4.69, 9.17) is 0 Å². The minimum absolute atomic E-state index is 0.196. The van der Waals surface area contributed by atoms with Crippen molar-refractivity contribution in [2.24, 2.45) is 5.92 Å². The van der Waals surface area contributed by atoms with Crippen molar-refractivity contribution in [1.82, 2.24) is 20.0 Å². The molecule has 0 spiro atoms. The van der Waals surface area contributed by atoms with Crippen LogP contribution in [0.3, 0.4) is 0 Å². The van der Waals surface area contributed by atoms with Gasteiger partial charge in [-0.05, 0) is 12.8 Å². The standard InChI is InChI=1S/C12H16F3N5O2S/c1-19(2)11(22)20-5-3-4-7(6-20)8(21)16-10-18-17-9(23-10)12(13,14)15/h7H,3-6H2,1-2H3,(H,16,18,21)/t7-/m0/s1. The molecule has 1 aromatic heterocycles. The zero-order chi connectivity index (χ0) is 17.2. The molecule has 0 aromatic carbocycles. The van der Waals surface area contributed by atoms with Crippen molar-refractivity contribution < 1.29 is 22.8 Å². The lowest BCUT2D eigenvalue weighted by Gasteiger charge is -2.33. The zero-order valence-electron chi connectivity index (χ0n) is 12.6. The van der Waals surface area contributed by atoms with E-state index in [9.17, 15) is 22.8 Å². The first kappa shape index (κ1) is 17.4. The zero-order valence-corrected chi connectivity index (χ0v) is 13.4. The number of aromatic nitrogens is 2. The fourth-order valence-electron chi connectivity index (χ4n) is 2.24. The highest BCUT2D eigenvalue weighted by molar-refractivity contribution is 7.15. The van der Waals surface area contributed by atoms with Gasteiger partial charge in [-0.15, -0.1) is 10.2 Å². The Morgan fingerprint density at radius 2 is 2.04 bits per heavy atom. The number of alkyl halides is 3. The maximum Gasteiger partial charge on any atom is 0.445 e. The molecule has 128 valence electrons. The molecule has 7 nitrogen and oxygen atoms in total. The summed E-state index contributed by atoms with van der Waals surface area (Å²) in [4.78, 5) is 27.0. The molecule has 1 atom stereocenters. The minimum Gasteiger partial charge on any atom is -0.331 e. The van der Waals surface area contributed by atoms with Crippen LogP contribution in [0.1, 0.15) is 17.8 Å². The number of urea groups is 1. The summed E-state index contributed by atoms with van der Waals surface area (Å²) in [6.07, 6.45) is -3.37. The molecule has 1 aromatic rings. The van der Waals surface area contributed by atoms with Crippen LogP contribution in [-0.4, -0.2) is 59.1 Å². The molecule has 0 unspecified atom stereocenters. The van der Waals surface area contributed by atoms with Crippen molar-refractivity contribution in [3.05, 3.63) is 5.01 Å². The van der Waals surface area contributed by atoms with E-state index < -0.39 is 23.0 Å². The lowest BCUT2D eigenvalue weighted by atomic mass is 9.97. The molecule has 11 heteroatoms. The van der Waals surface area contributed by atoms with Crippen LogP contribution in [0, 0.1) is 5.92 Å². The van der Waals surface area contributed by atoms with Crippen molar-refractivity contribution in [2.45, 2.75) is 19.0 Å². The number of carbonyl (C=O) groups excluding carboxylic acids is 2. The molecule has 2 heterocycles. The highest BCUT2D eigenvalue weighted by Crippen LogP contribution is 2.33. The number of amides is 3.